The maximum Gasteiger partial charge on any atom is 0.302 e. The van der Waals surface area contributed by atoms with Gasteiger partial charge in [-0.2, -0.15) is 0 Å². The summed E-state index contributed by atoms with van der Waals surface area (Å²) in [5, 5.41) is 13.5. The summed E-state index contributed by atoms with van der Waals surface area (Å²) in [6.45, 7) is 13.4. The van der Waals surface area contributed by atoms with E-state index in [1.807, 2.05) is 0 Å². The van der Waals surface area contributed by atoms with Crippen molar-refractivity contribution in [3.63, 3.8) is 0 Å². The molecule has 5 rings (SSSR count). The van der Waals surface area contributed by atoms with Crippen LogP contribution < -0.4 is 5.32 Å². The number of nitrogens with one attached hydrogen (secondary N) is 1. The number of carbonyl (C=O) groups is 2. The highest BCUT2D eigenvalue weighted by molar-refractivity contribution is 5.99. The van der Waals surface area contributed by atoms with Gasteiger partial charge in [-0.3, -0.25) is 9.59 Å². The lowest BCUT2D eigenvalue weighted by Gasteiger charge is -2.70. The molecule has 2 N–H and O–H groups in total. The zero-order chi connectivity index (χ0) is 24.8. The second kappa shape index (κ2) is 7.55. The monoisotopic (exact) mass is 473 g/mol. The molecule has 5 aliphatic rings. The maximum absolute atomic E-state index is 13.3. The van der Waals surface area contributed by atoms with Gasteiger partial charge in [0.1, 0.15) is 6.10 Å². The van der Waals surface area contributed by atoms with Gasteiger partial charge >= 0.3 is 5.97 Å². The van der Waals surface area contributed by atoms with Gasteiger partial charge in [-0.1, -0.05) is 41.0 Å². The third kappa shape index (κ3) is 3.00. The topological polar surface area (TPSA) is 84.9 Å². The highest BCUT2D eigenvalue weighted by atomic mass is 16.5. The average molecular weight is 474 g/mol. The minimum atomic E-state index is -1.04. The van der Waals surface area contributed by atoms with E-state index in [4.69, 9.17) is 9.47 Å². The third-order valence-corrected chi connectivity index (χ3v) is 11.5. The van der Waals surface area contributed by atoms with Crippen molar-refractivity contribution in [1.82, 2.24) is 5.32 Å². The summed E-state index contributed by atoms with van der Waals surface area (Å²) < 4.78 is 12.0. The lowest BCUT2D eigenvalue weighted by Crippen LogP contribution is -2.66. The van der Waals surface area contributed by atoms with Gasteiger partial charge in [0.05, 0.1) is 6.10 Å². The number of aliphatic hydroxyl groups excluding tert-OH is 1. The fourth-order valence-electron chi connectivity index (χ4n) is 10.2. The van der Waals surface area contributed by atoms with E-state index in [9.17, 15) is 14.7 Å². The van der Waals surface area contributed by atoms with Crippen molar-refractivity contribution in [2.75, 3.05) is 7.11 Å². The van der Waals surface area contributed by atoms with E-state index in [0.29, 0.717) is 28.4 Å². The minimum absolute atomic E-state index is 0.00674. The zero-order valence-electron chi connectivity index (χ0n) is 22.0. The molecule has 0 spiro atoms. The summed E-state index contributed by atoms with van der Waals surface area (Å²) in [7, 11) is 1.67. The Morgan fingerprint density at radius 3 is 2.32 bits per heavy atom. The molecule has 0 aromatic rings. The molecule has 34 heavy (non-hydrogen) atoms. The maximum atomic E-state index is 13.3. The van der Waals surface area contributed by atoms with Crippen molar-refractivity contribution in [3.8, 4) is 0 Å². The van der Waals surface area contributed by atoms with Gasteiger partial charge in [0.2, 0.25) is 5.91 Å². The smallest absolute Gasteiger partial charge is 0.302 e. The van der Waals surface area contributed by atoms with E-state index in [1.165, 1.54) is 32.6 Å². The number of ether oxygens (including phenoxy) is 2. The molecule has 0 aromatic carbocycles. The molecule has 1 aliphatic heterocycles. The Hall–Kier alpha value is -1.40. The highest BCUT2D eigenvalue weighted by Gasteiger charge is 2.70. The number of hydrogen-bond donors (Lipinski definition) is 2. The van der Waals surface area contributed by atoms with Crippen LogP contribution in [0, 0.1) is 39.4 Å². The Morgan fingerprint density at radius 1 is 1.00 bits per heavy atom. The molecule has 9 atom stereocenters. The first-order valence-electron chi connectivity index (χ1n) is 13.2. The summed E-state index contributed by atoms with van der Waals surface area (Å²) in [5.41, 5.74) is 1.06. The lowest BCUT2D eigenvalue weighted by atomic mass is 9.35. The number of esters is 1. The summed E-state index contributed by atoms with van der Waals surface area (Å²) in [6.07, 6.45) is 5.76. The van der Waals surface area contributed by atoms with Crippen LogP contribution >= 0.6 is 0 Å². The van der Waals surface area contributed by atoms with Gasteiger partial charge in [0, 0.05) is 30.6 Å². The predicted molar refractivity (Wildman–Crippen MR) is 128 cm³/mol. The van der Waals surface area contributed by atoms with Crippen LogP contribution in [-0.4, -0.2) is 42.5 Å². The van der Waals surface area contributed by atoms with Crippen LogP contribution in [-0.2, 0) is 19.1 Å². The van der Waals surface area contributed by atoms with Crippen LogP contribution in [0.25, 0.3) is 0 Å². The van der Waals surface area contributed by atoms with Gasteiger partial charge in [-0.15, -0.1) is 0 Å². The number of carbonyl (C=O) groups excluding carboxylic acids is 2. The van der Waals surface area contributed by atoms with Crippen molar-refractivity contribution in [2.45, 2.75) is 105 Å². The van der Waals surface area contributed by atoms with Gasteiger partial charge in [0.25, 0.3) is 0 Å². The number of amides is 1. The quantitative estimate of drug-likeness (QED) is 0.582. The first-order valence-corrected chi connectivity index (χ1v) is 13.2. The second-order valence-corrected chi connectivity index (χ2v) is 13.3. The first-order chi connectivity index (χ1) is 15.8. The molecular weight excluding hydrogens is 430 g/mol. The van der Waals surface area contributed by atoms with Crippen LogP contribution in [0.4, 0.5) is 0 Å². The number of aliphatic hydroxyl groups is 1. The summed E-state index contributed by atoms with van der Waals surface area (Å²) in [4.78, 5) is 25.7. The molecular formula is C28H43NO5. The summed E-state index contributed by atoms with van der Waals surface area (Å²) in [5.74, 6) is 0.613. The normalized spacial score (nSPS) is 49.4. The van der Waals surface area contributed by atoms with Gasteiger partial charge in [-0.25, -0.2) is 0 Å². The zero-order valence-corrected chi connectivity index (χ0v) is 22.0. The molecule has 1 heterocycles. The molecule has 0 aromatic heterocycles. The molecule has 0 bridgehead atoms. The number of rotatable bonds is 2. The molecule has 1 amide bonds. The fourth-order valence-corrected chi connectivity index (χ4v) is 10.2. The second-order valence-electron chi connectivity index (χ2n) is 13.3. The van der Waals surface area contributed by atoms with E-state index < -0.39 is 17.7 Å². The number of methoxy groups -OCH3 is 1. The van der Waals surface area contributed by atoms with Crippen LogP contribution in [0.15, 0.2) is 11.1 Å². The van der Waals surface area contributed by atoms with Crippen molar-refractivity contribution >= 4 is 11.9 Å². The Kier molecular flexibility index (Phi) is 5.40. The third-order valence-electron chi connectivity index (χ3n) is 11.5. The van der Waals surface area contributed by atoms with E-state index in [2.05, 4.69) is 39.9 Å². The van der Waals surface area contributed by atoms with Crippen LogP contribution in [0.3, 0.4) is 0 Å². The van der Waals surface area contributed by atoms with Gasteiger partial charge in [0.15, 0.2) is 6.23 Å². The highest BCUT2D eigenvalue weighted by Crippen LogP contribution is 2.73. The van der Waals surface area contributed by atoms with E-state index in [1.54, 1.807) is 7.11 Å². The summed E-state index contributed by atoms with van der Waals surface area (Å²) in [6, 6.07) is 0. The molecule has 9 unspecified atom stereocenters. The van der Waals surface area contributed by atoms with Gasteiger partial charge in [-0.05, 0) is 72.5 Å². The number of fused-ring (bicyclic) bond motifs is 6. The van der Waals surface area contributed by atoms with Crippen molar-refractivity contribution in [2.24, 2.45) is 39.4 Å². The molecule has 6 nitrogen and oxygen atoms in total. The molecule has 3 saturated carbocycles. The molecule has 0 saturated heterocycles. The molecule has 190 valence electrons. The van der Waals surface area contributed by atoms with E-state index >= 15 is 0 Å². The Balaban J connectivity index is 1.68. The molecule has 3 fully saturated rings. The average Bonchev–Trinajstić information content (AvgIpc) is 3.03. The number of hydrogen-bond acceptors (Lipinski definition) is 5. The molecule has 4 aliphatic carbocycles. The van der Waals surface area contributed by atoms with Gasteiger partial charge < -0.3 is 19.9 Å². The van der Waals surface area contributed by atoms with Crippen molar-refractivity contribution < 1.29 is 24.2 Å². The van der Waals surface area contributed by atoms with E-state index in [0.717, 1.165) is 19.3 Å². The van der Waals surface area contributed by atoms with Crippen molar-refractivity contribution in [3.05, 3.63) is 11.1 Å². The van der Waals surface area contributed by atoms with Crippen LogP contribution in [0.5, 0.6) is 0 Å². The first kappa shape index (κ1) is 24.3. The Bertz CT molecular complexity index is 941. The SMILES string of the molecule is COC1CC2C3(C)CCC4C(C)(C)CCCC4(C)C3CC(OC(C)=O)C2(C)C2=C1C(O)NC2=O. The Labute approximate surface area is 204 Å². The fraction of sp³-hybridized carbons (Fsp3) is 0.857. The standard InChI is InChI=1S/C28H43NO5/c1-15(30)34-20-14-18-26(4)11-8-10-25(2,3)17(26)9-12-27(18,5)19-13-16(33-7)21-22(28(19,20)6)24(32)29-23(21)31/h16-20,23,31H,8-14H2,1-7H3,(H,29,32). The largest absolute Gasteiger partial charge is 0.462 e. The van der Waals surface area contributed by atoms with Crippen LogP contribution in [0.1, 0.15) is 86.5 Å². The molecule has 0 radical (unpaired) electrons. The van der Waals surface area contributed by atoms with Crippen LogP contribution in [0.2, 0.25) is 0 Å². The van der Waals surface area contributed by atoms with E-state index in [-0.39, 0.29) is 34.7 Å². The predicted octanol–water partition coefficient (Wildman–Crippen LogP) is 4.36. The summed E-state index contributed by atoms with van der Waals surface area (Å²) >= 11 is 0. The van der Waals surface area contributed by atoms with Crippen molar-refractivity contribution in [1.29, 1.82) is 0 Å². The lowest BCUT2D eigenvalue weighted by molar-refractivity contribution is -0.229. The minimum Gasteiger partial charge on any atom is -0.462 e. The molecule has 6 heteroatoms. The Morgan fingerprint density at radius 2 is 1.68 bits per heavy atom.